The van der Waals surface area contributed by atoms with Crippen LogP contribution in [0.2, 0.25) is 5.02 Å². The van der Waals surface area contributed by atoms with E-state index in [9.17, 15) is 10.1 Å². The van der Waals surface area contributed by atoms with Crippen LogP contribution in [0.4, 0.5) is 5.69 Å². The van der Waals surface area contributed by atoms with Gasteiger partial charge in [-0.05, 0) is 23.3 Å². The number of hydrogen-bond acceptors (Lipinski definition) is 3. The maximum atomic E-state index is 12.8. The molecule has 0 heterocycles. The normalized spacial score (nSPS) is 11.0. The highest BCUT2D eigenvalue weighted by Crippen LogP contribution is 2.23. The average Bonchev–Trinajstić information content (AvgIpc) is 2.75. The number of amides is 1. The number of hydrogen-bond donors (Lipinski definition) is 2. The highest BCUT2D eigenvalue weighted by Gasteiger charge is 2.19. The first-order valence-electron chi connectivity index (χ1n) is 8.71. The van der Waals surface area contributed by atoms with E-state index in [1.54, 1.807) is 18.2 Å². The topological polar surface area (TPSA) is 64.9 Å². The van der Waals surface area contributed by atoms with E-state index in [1.807, 2.05) is 72.8 Å². The van der Waals surface area contributed by atoms with Crippen molar-refractivity contribution < 1.29 is 4.79 Å². The fourth-order valence-electron chi connectivity index (χ4n) is 2.74. The second-order valence-electron chi connectivity index (χ2n) is 6.02. The lowest BCUT2D eigenvalue weighted by atomic mass is 9.98. The third-order valence-electron chi connectivity index (χ3n) is 4.15. The molecule has 0 aliphatic heterocycles. The molecule has 0 bridgehead atoms. The van der Waals surface area contributed by atoms with Crippen molar-refractivity contribution in [2.75, 3.05) is 5.32 Å². The Morgan fingerprint density at radius 3 is 1.96 bits per heavy atom. The second-order valence-corrected chi connectivity index (χ2v) is 6.43. The van der Waals surface area contributed by atoms with Crippen molar-refractivity contribution in [2.24, 2.45) is 0 Å². The molecule has 0 aliphatic carbocycles. The summed E-state index contributed by atoms with van der Waals surface area (Å²) in [6.45, 7) is 0. The number of carbonyl (C=O) groups excluding carboxylic acids is 1. The molecule has 4 nitrogen and oxygen atoms in total. The van der Waals surface area contributed by atoms with Gasteiger partial charge in [0, 0.05) is 6.20 Å². The van der Waals surface area contributed by atoms with Crippen LogP contribution in [0.3, 0.4) is 0 Å². The van der Waals surface area contributed by atoms with Gasteiger partial charge < -0.3 is 10.6 Å². The smallest absolute Gasteiger partial charge is 0.264 e. The number of nitrogens with zero attached hydrogens (tertiary/aromatic N) is 1. The molecular weight excluding hydrogens is 370 g/mol. The summed E-state index contributed by atoms with van der Waals surface area (Å²) in [5.41, 5.74) is 2.43. The Bertz CT molecular complexity index is 971. The predicted molar refractivity (Wildman–Crippen MR) is 112 cm³/mol. The molecular formula is C23H18ClN3O. The molecule has 3 rings (SSSR count). The minimum atomic E-state index is -0.472. The molecule has 0 unspecified atom stereocenters. The zero-order valence-corrected chi connectivity index (χ0v) is 15.7. The van der Waals surface area contributed by atoms with E-state index in [1.165, 1.54) is 6.20 Å². The van der Waals surface area contributed by atoms with E-state index in [0.29, 0.717) is 10.7 Å². The number of nitriles is 1. The molecule has 0 atom stereocenters. The Labute approximate surface area is 169 Å². The van der Waals surface area contributed by atoms with Crippen LogP contribution in [-0.4, -0.2) is 5.91 Å². The van der Waals surface area contributed by atoms with Gasteiger partial charge in [0.15, 0.2) is 0 Å². The minimum absolute atomic E-state index is 0.0446. The van der Waals surface area contributed by atoms with Gasteiger partial charge in [0.2, 0.25) is 0 Å². The molecule has 28 heavy (non-hydrogen) atoms. The summed E-state index contributed by atoms with van der Waals surface area (Å²) >= 11 is 6.10. The number of anilines is 1. The number of halogens is 1. The highest BCUT2D eigenvalue weighted by atomic mass is 35.5. The Morgan fingerprint density at radius 1 is 0.893 bits per heavy atom. The molecule has 2 N–H and O–H groups in total. The lowest BCUT2D eigenvalue weighted by Gasteiger charge is -2.19. The molecule has 0 saturated carbocycles. The first kappa shape index (κ1) is 19.2. The van der Waals surface area contributed by atoms with Gasteiger partial charge in [-0.25, -0.2) is 0 Å². The van der Waals surface area contributed by atoms with Gasteiger partial charge in [0.1, 0.15) is 11.6 Å². The van der Waals surface area contributed by atoms with E-state index >= 15 is 0 Å². The molecule has 0 aliphatic rings. The highest BCUT2D eigenvalue weighted by molar-refractivity contribution is 6.33. The fourth-order valence-corrected chi connectivity index (χ4v) is 2.93. The summed E-state index contributed by atoms with van der Waals surface area (Å²) in [6.07, 6.45) is 1.36. The zero-order chi connectivity index (χ0) is 19.8. The molecule has 1 amide bonds. The fraction of sp³-hybridized carbons (Fsp3) is 0.0435. The summed E-state index contributed by atoms with van der Waals surface area (Å²) in [6, 6.07) is 27.9. The molecule has 5 heteroatoms. The van der Waals surface area contributed by atoms with Crippen LogP contribution in [0.15, 0.2) is 96.7 Å². The maximum Gasteiger partial charge on any atom is 0.264 e. The largest absolute Gasteiger partial charge is 0.359 e. The zero-order valence-electron chi connectivity index (χ0n) is 15.0. The minimum Gasteiger partial charge on any atom is -0.359 e. The molecule has 0 spiro atoms. The van der Waals surface area contributed by atoms with Gasteiger partial charge in [-0.15, -0.1) is 0 Å². The number of nitrogens with one attached hydrogen (secondary N) is 2. The number of para-hydroxylation sites is 1. The Kier molecular flexibility index (Phi) is 6.46. The van der Waals surface area contributed by atoms with Gasteiger partial charge in [-0.2, -0.15) is 5.26 Å². The third-order valence-corrected chi connectivity index (χ3v) is 4.48. The van der Waals surface area contributed by atoms with Gasteiger partial charge in [-0.1, -0.05) is 84.4 Å². The van der Waals surface area contributed by atoms with Crippen LogP contribution in [0.1, 0.15) is 17.2 Å². The number of benzene rings is 3. The van der Waals surface area contributed by atoms with Gasteiger partial charge in [0.25, 0.3) is 5.91 Å². The summed E-state index contributed by atoms with van der Waals surface area (Å²) in [5.74, 6) is -0.472. The van der Waals surface area contributed by atoms with Crippen molar-refractivity contribution in [3.05, 3.63) is 113 Å². The van der Waals surface area contributed by atoms with Crippen LogP contribution in [-0.2, 0) is 4.79 Å². The molecule has 0 radical (unpaired) electrons. The maximum absolute atomic E-state index is 12.8. The Hall–Kier alpha value is -3.55. The Balaban J connectivity index is 1.83. The van der Waals surface area contributed by atoms with Crippen LogP contribution in [0.5, 0.6) is 0 Å². The predicted octanol–water partition coefficient (Wildman–Crippen LogP) is 5.07. The van der Waals surface area contributed by atoms with Crippen LogP contribution in [0.25, 0.3) is 0 Å². The molecule has 0 fully saturated rings. The molecule has 138 valence electrons. The monoisotopic (exact) mass is 387 g/mol. The summed E-state index contributed by atoms with van der Waals surface area (Å²) in [7, 11) is 0. The average molecular weight is 388 g/mol. The third kappa shape index (κ3) is 4.79. The summed E-state index contributed by atoms with van der Waals surface area (Å²) in [5, 5.41) is 15.8. The second kappa shape index (κ2) is 9.40. The quantitative estimate of drug-likeness (QED) is 0.458. The van der Waals surface area contributed by atoms with Crippen molar-refractivity contribution >= 4 is 23.2 Å². The summed E-state index contributed by atoms with van der Waals surface area (Å²) in [4.78, 5) is 12.8. The van der Waals surface area contributed by atoms with E-state index in [-0.39, 0.29) is 11.6 Å². The van der Waals surface area contributed by atoms with Gasteiger partial charge in [-0.3, -0.25) is 4.79 Å². The summed E-state index contributed by atoms with van der Waals surface area (Å²) < 4.78 is 0. The van der Waals surface area contributed by atoms with Gasteiger partial charge in [0.05, 0.1) is 16.8 Å². The van der Waals surface area contributed by atoms with E-state index in [2.05, 4.69) is 10.6 Å². The van der Waals surface area contributed by atoms with Crippen LogP contribution >= 0.6 is 11.6 Å². The lowest BCUT2D eigenvalue weighted by Crippen LogP contribution is -2.30. The number of carbonyl (C=O) groups is 1. The first-order valence-corrected chi connectivity index (χ1v) is 9.09. The standard InChI is InChI=1S/C23H18ClN3O/c24-20-13-7-8-14-21(20)26-16-19(15-25)23(28)27-22(17-9-3-1-4-10-17)18-11-5-2-6-12-18/h1-14,16,22,26H,(H,27,28)/b19-16-. The number of rotatable bonds is 6. The van der Waals surface area contributed by atoms with Gasteiger partial charge >= 0.3 is 0 Å². The van der Waals surface area contributed by atoms with E-state index in [4.69, 9.17) is 11.6 Å². The van der Waals surface area contributed by atoms with Crippen molar-refractivity contribution in [3.8, 4) is 6.07 Å². The lowest BCUT2D eigenvalue weighted by molar-refractivity contribution is -0.117. The van der Waals surface area contributed by atoms with Crippen molar-refractivity contribution in [2.45, 2.75) is 6.04 Å². The molecule has 0 saturated heterocycles. The van der Waals surface area contributed by atoms with Crippen LogP contribution in [0, 0.1) is 11.3 Å². The van der Waals surface area contributed by atoms with Crippen molar-refractivity contribution in [1.82, 2.24) is 5.32 Å². The Morgan fingerprint density at radius 2 is 1.43 bits per heavy atom. The van der Waals surface area contributed by atoms with E-state index < -0.39 is 5.91 Å². The van der Waals surface area contributed by atoms with Crippen LogP contribution < -0.4 is 10.6 Å². The van der Waals surface area contributed by atoms with Crippen molar-refractivity contribution in [1.29, 1.82) is 5.26 Å². The first-order chi connectivity index (χ1) is 13.7. The molecule has 3 aromatic rings. The molecule has 3 aromatic carbocycles. The SMILES string of the molecule is N#C/C(=C/Nc1ccccc1Cl)C(=O)NC(c1ccccc1)c1ccccc1. The van der Waals surface area contributed by atoms with E-state index in [0.717, 1.165) is 11.1 Å². The molecule has 0 aromatic heterocycles. The van der Waals surface area contributed by atoms with Crippen molar-refractivity contribution in [3.63, 3.8) is 0 Å².